The van der Waals surface area contributed by atoms with Gasteiger partial charge < -0.3 is 4.57 Å². The van der Waals surface area contributed by atoms with Crippen LogP contribution >= 0.6 is 0 Å². The number of nitrogens with zero attached hydrogens (tertiary/aromatic N) is 1. The van der Waals surface area contributed by atoms with Crippen LogP contribution < -0.4 is 0 Å². The maximum Gasteiger partial charge on any atom is 0.0620 e. The van der Waals surface area contributed by atoms with E-state index >= 15 is 0 Å². The Morgan fingerprint density at radius 1 is 0.311 bits per heavy atom. The van der Waals surface area contributed by atoms with Crippen molar-refractivity contribution in [2.24, 2.45) is 0 Å². The molecule has 8 aromatic carbocycles. The van der Waals surface area contributed by atoms with Crippen molar-refractivity contribution in [2.45, 2.75) is 0 Å². The van der Waals surface area contributed by atoms with Crippen LogP contribution in [0.15, 0.2) is 152 Å². The summed E-state index contributed by atoms with van der Waals surface area (Å²) in [5.74, 6) is 0. The fourth-order valence-electron chi connectivity index (χ4n) is 8.46. The van der Waals surface area contributed by atoms with E-state index in [0.717, 1.165) is 0 Å². The predicted molar refractivity (Wildman–Crippen MR) is 190 cm³/mol. The van der Waals surface area contributed by atoms with Crippen LogP contribution in [0.3, 0.4) is 0 Å². The van der Waals surface area contributed by atoms with Gasteiger partial charge in [-0.25, -0.2) is 0 Å². The Bertz CT molecular complexity index is 2730. The van der Waals surface area contributed by atoms with Crippen molar-refractivity contribution >= 4 is 43.4 Å². The van der Waals surface area contributed by atoms with Gasteiger partial charge in [0.05, 0.1) is 11.0 Å². The summed E-state index contributed by atoms with van der Waals surface area (Å²) in [4.78, 5) is 0. The third-order valence-corrected chi connectivity index (χ3v) is 10.3. The minimum Gasteiger partial charge on any atom is -0.309 e. The maximum absolute atomic E-state index is 2.50. The summed E-state index contributed by atoms with van der Waals surface area (Å²) in [6, 6.07) is 56.4. The average molecular weight is 568 g/mol. The maximum atomic E-state index is 2.50. The quantitative estimate of drug-likeness (QED) is 0.196. The van der Waals surface area contributed by atoms with Crippen molar-refractivity contribution in [3.8, 4) is 61.3 Å². The molecule has 0 unspecified atom stereocenters. The van der Waals surface area contributed by atoms with Crippen LogP contribution in [0.2, 0.25) is 0 Å². The van der Waals surface area contributed by atoms with E-state index in [2.05, 4.69) is 156 Å². The van der Waals surface area contributed by atoms with Crippen LogP contribution in [-0.2, 0) is 0 Å². The first-order valence-corrected chi connectivity index (χ1v) is 15.7. The summed E-state index contributed by atoms with van der Waals surface area (Å²) in [6.45, 7) is 0. The van der Waals surface area contributed by atoms with Crippen LogP contribution in [0.1, 0.15) is 0 Å². The van der Waals surface area contributed by atoms with Crippen LogP contribution in [0.25, 0.3) is 105 Å². The zero-order valence-electron chi connectivity index (χ0n) is 24.4. The van der Waals surface area contributed by atoms with Gasteiger partial charge in [0.25, 0.3) is 0 Å². The van der Waals surface area contributed by atoms with Gasteiger partial charge in [-0.15, -0.1) is 0 Å². The van der Waals surface area contributed by atoms with Gasteiger partial charge in [0, 0.05) is 21.8 Å². The number of para-hydroxylation sites is 1. The molecule has 1 heterocycles. The summed E-state index contributed by atoms with van der Waals surface area (Å²) < 4.78 is 2.50. The Kier molecular flexibility index (Phi) is 4.38. The molecule has 206 valence electrons. The second-order valence-corrected chi connectivity index (χ2v) is 12.4. The Morgan fingerprint density at radius 2 is 0.844 bits per heavy atom. The number of aromatic nitrogens is 1. The number of rotatable bonds is 2. The Hall–Kier alpha value is -5.92. The molecule has 0 radical (unpaired) electrons. The van der Waals surface area contributed by atoms with Crippen molar-refractivity contribution in [3.05, 3.63) is 152 Å². The van der Waals surface area contributed by atoms with E-state index in [4.69, 9.17) is 0 Å². The molecule has 0 spiro atoms. The number of hydrogen-bond acceptors (Lipinski definition) is 0. The van der Waals surface area contributed by atoms with Crippen molar-refractivity contribution in [1.29, 1.82) is 0 Å². The van der Waals surface area contributed by atoms with E-state index < -0.39 is 0 Å². The third kappa shape index (κ3) is 2.93. The van der Waals surface area contributed by atoms with E-state index in [1.165, 1.54) is 105 Å². The van der Waals surface area contributed by atoms with Gasteiger partial charge in [-0.3, -0.25) is 0 Å². The first-order chi connectivity index (χ1) is 22.3. The molecule has 2 aliphatic rings. The Morgan fingerprint density at radius 3 is 1.60 bits per heavy atom. The molecule has 0 atom stereocenters. The molecule has 9 aromatic rings. The van der Waals surface area contributed by atoms with Crippen LogP contribution in [0, 0.1) is 0 Å². The summed E-state index contributed by atoms with van der Waals surface area (Å²) in [7, 11) is 0. The molecular weight excluding hydrogens is 542 g/mol. The smallest absolute Gasteiger partial charge is 0.0620 e. The molecule has 0 bridgehead atoms. The van der Waals surface area contributed by atoms with Crippen molar-refractivity contribution < 1.29 is 0 Å². The second kappa shape index (κ2) is 8.37. The summed E-state index contributed by atoms with van der Waals surface area (Å²) in [6.07, 6.45) is 0. The fraction of sp³-hybridized carbons (Fsp3) is 0. The molecule has 0 saturated heterocycles. The largest absolute Gasteiger partial charge is 0.309 e. The zero-order chi connectivity index (χ0) is 29.2. The highest BCUT2D eigenvalue weighted by molar-refractivity contribution is 6.27. The highest BCUT2D eigenvalue weighted by Crippen LogP contribution is 2.52. The van der Waals surface area contributed by atoms with Gasteiger partial charge in [-0.05, 0) is 96.1 Å². The van der Waals surface area contributed by atoms with Crippen molar-refractivity contribution in [2.75, 3.05) is 0 Å². The standard InChI is InChI=1S/C44H25N/c1-2-13-30-29(12-1)35-18-8-17-34-28(22-23-37(30)42(34)35)26-10-7-11-27(24-26)45-41-21-6-5-16-33(41)40-25-39-32-15-4-3-14-31(32)36-19-9-20-38(43(36)39)44(40)45/h1-25H. The highest BCUT2D eigenvalue weighted by Gasteiger charge is 2.26. The summed E-state index contributed by atoms with van der Waals surface area (Å²) in [5, 5.41) is 7.93. The first kappa shape index (κ1) is 23.5. The topological polar surface area (TPSA) is 4.93 Å². The molecule has 45 heavy (non-hydrogen) atoms. The van der Waals surface area contributed by atoms with Gasteiger partial charge in [-0.2, -0.15) is 0 Å². The molecule has 1 heteroatoms. The second-order valence-electron chi connectivity index (χ2n) is 12.4. The minimum atomic E-state index is 1.18. The lowest BCUT2D eigenvalue weighted by molar-refractivity contribution is 1.19. The van der Waals surface area contributed by atoms with Gasteiger partial charge in [-0.1, -0.05) is 127 Å². The SMILES string of the molecule is c1cc(-c2ccc3c4c(cccc24)-c2ccccc2-3)cc(-n2c3ccccc3c3cc4c5c(cccc5c32)-c2ccccc2-4)c1. The molecule has 2 aliphatic carbocycles. The average Bonchev–Trinajstić information content (AvgIpc) is 3.74. The molecule has 1 aromatic heterocycles. The predicted octanol–water partition coefficient (Wildman–Crippen LogP) is 12.1. The fourth-order valence-corrected chi connectivity index (χ4v) is 8.46. The van der Waals surface area contributed by atoms with Gasteiger partial charge in [0.15, 0.2) is 0 Å². The van der Waals surface area contributed by atoms with Crippen LogP contribution in [-0.4, -0.2) is 4.57 Å². The molecule has 0 saturated carbocycles. The normalized spacial score (nSPS) is 12.4. The van der Waals surface area contributed by atoms with Crippen molar-refractivity contribution in [1.82, 2.24) is 4.57 Å². The number of hydrogen-bond donors (Lipinski definition) is 0. The molecule has 0 N–H and O–H groups in total. The third-order valence-electron chi connectivity index (χ3n) is 10.3. The highest BCUT2D eigenvalue weighted by atomic mass is 15.0. The van der Waals surface area contributed by atoms with Gasteiger partial charge >= 0.3 is 0 Å². The molecule has 0 amide bonds. The van der Waals surface area contributed by atoms with Crippen molar-refractivity contribution in [3.63, 3.8) is 0 Å². The van der Waals surface area contributed by atoms with E-state index in [0.29, 0.717) is 0 Å². The van der Waals surface area contributed by atoms with E-state index in [9.17, 15) is 0 Å². The molecule has 11 rings (SSSR count). The lowest BCUT2D eigenvalue weighted by atomic mass is 9.94. The van der Waals surface area contributed by atoms with E-state index in [1.807, 2.05) is 0 Å². The summed E-state index contributed by atoms with van der Waals surface area (Å²) >= 11 is 0. The lowest BCUT2D eigenvalue weighted by Crippen LogP contribution is -1.95. The number of fused-ring (bicyclic) bond motifs is 10. The minimum absolute atomic E-state index is 1.18. The zero-order valence-corrected chi connectivity index (χ0v) is 24.4. The lowest BCUT2D eigenvalue weighted by Gasteiger charge is -2.14. The van der Waals surface area contributed by atoms with Crippen LogP contribution in [0.5, 0.6) is 0 Å². The van der Waals surface area contributed by atoms with Crippen LogP contribution in [0.4, 0.5) is 0 Å². The molecule has 0 fully saturated rings. The molecular formula is C44H25N. The molecule has 0 aliphatic heterocycles. The number of benzene rings is 8. The first-order valence-electron chi connectivity index (χ1n) is 15.7. The van der Waals surface area contributed by atoms with Gasteiger partial charge in [0.1, 0.15) is 0 Å². The summed E-state index contributed by atoms with van der Waals surface area (Å²) in [5.41, 5.74) is 16.9. The van der Waals surface area contributed by atoms with Gasteiger partial charge in [0.2, 0.25) is 0 Å². The van der Waals surface area contributed by atoms with E-state index in [-0.39, 0.29) is 0 Å². The molecule has 1 nitrogen and oxygen atoms in total. The van der Waals surface area contributed by atoms with E-state index in [1.54, 1.807) is 0 Å². The monoisotopic (exact) mass is 567 g/mol. The Balaban J connectivity index is 1.20. The Labute approximate surface area is 260 Å².